The predicted molar refractivity (Wildman–Crippen MR) is 192 cm³/mol. The van der Waals surface area contributed by atoms with Gasteiger partial charge in [-0.15, -0.1) is 11.8 Å². The summed E-state index contributed by atoms with van der Waals surface area (Å²) in [4.78, 5) is 40.9. The van der Waals surface area contributed by atoms with Crippen molar-refractivity contribution < 1.29 is 23.9 Å². The fraction of sp³-hybridized carbons (Fsp3) is 0.0789. The molecule has 5 aromatic carbocycles. The van der Waals surface area contributed by atoms with E-state index in [-0.39, 0.29) is 11.6 Å². The number of amides is 3. The first-order valence-electron chi connectivity index (χ1n) is 14.8. The Morgan fingerprint density at radius 2 is 1.31 bits per heavy atom. The van der Waals surface area contributed by atoms with Gasteiger partial charge < -0.3 is 25.4 Å². The van der Waals surface area contributed by atoms with E-state index in [4.69, 9.17) is 21.1 Å². The summed E-state index contributed by atoms with van der Waals surface area (Å²) in [6.07, 6.45) is 1.56. The maximum atomic E-state index is 13.6. The van der Waals surface area contributed by atoms with Crippen LogP contribution in [0.5, 0.6) is 11.5 Å². The average molecular weight is 678 g/mol. The summed E-state index contributed by atoms with van der Waals surface area (Å²) in [6, 6.07) is 37.4. The third-order valence-corrected chi connectivity index (χ3v) is 8.58. The summed E-state index contributed by atoms with van der Waals surface area (Å²) >= 11 is 7.39. The fourth-order valence-electron chi connectivity index (χ4n) is 4.64. The lowest BCUT2D eigenvalue weighted by atomic mass is 10.1. The molecule has 0 saturated carbocycles. The summed E-state index contributed by atoms with van der Waals surface area (Å²) in [5.41, 5.74) is 3.02. The molecule has 0 aliphatic rings. The minimum absolute atomic E-state index is 0.0255. The van der Waals surface area contributed by atoms with Crippen LogP contribution in [0.15, 0.2) is 138 Å². The molecule has 0 aliphatic carbocycles. The average Bonchev–Trinajstić information content (AvgIpc) is 3.12. The SMILES string of the molecule is COc1ccc(/C=C(\NC(=O)c2ccccc2)C(=O)Nc2ccc(SC(C(=O)Nc3ccc(Cl)cc3)c3ccccc3)cc2)cc1OC. The van der Waals surface area contributed by atoms with Crippen LogP contribution in [-0.2, 0) is 9.59 Å². The van der Waals surface area contributed by atoms with Crippen LogP contribution in [0, 0.1) is 0 Å². The number of ether oxygens (including phenoxy) is 2. The summed E-state index contributed by atoms with van der Waals surface area (Å²) in [7, 11) is 3.06. The first-order valence-corrected chi connectivity index (χ1v) is 16.1. The lowest BCUT2D eigenvalue weighted by Gasteiger charge is -2.17. The summed E-state index contributed by atoms with van der Waals surface area (Å²) in [5, 5.41) is 8.60. The summed E-state index contributed by atoms with van der Waals surface area (Å²) in [6.45, 7) is 0. The van der Waals surface area contributed by atoms with E-state index < -0.39 is 17.1 Å². The standard InChI is InChI=1S/C38H32ClN3O5S/c1-46-33-22-13-25(24-34(33)47-2)23-32(42-36(43)27-11-7-4-8-12-27)37(44)40-30-18-20-31(21-19-30)48-35(26-9-5-3-6-10-26)38(45)41-29-16-14-28(39)15-17-29/h3-24,35H,1-2H3,(H,40,44)(H,41,45)(H,42,43)/b32-23-. The quantitative estimate of drug-likeness (QED) is 0.0908. The zero-order valence-electron chi connectivity index (χ0n) is 26.1. The van der Waals surface area contributed by atoms with Crippen molar-refractivity contribution >= 4 is 58.5 Å². The van der Waals surface area contributed by atoms with E-state index in [1.165, 1.54) is 26.0 Å². The van der Waals surface area contributed by atoms with Crippen molar-refractivity contribution in [2.24, 2.45) is 0 Å². The molecule has 0 spiro atoms. The second-order valence-electron chi connectivity index (χ2n) is 10.4. The van der Waals surface area contributed by atoms with E-state index in [2.05, 4.69) is 16.0 Å². The molecule has 0 aliphatic heterocycles. The number of rotatable bonds is 12. The van der Waals surface area contributed by atoms with Gasteiger partial charge in [-0.3, -0.25) is 14.4 Å². The fourth-order valence-corrected chi connectivity index (χ4v) is 5.80. The molecule has 0 heterocycles. The molecule has 3 amide bonds. The van der Waals surface area contributed by atoms with Crippen molar-refractivity contribution in [1.82, 2.24) is 5.32 Å². The second kappa shape index (κ2) is 16.4. The molecule has 1 unspecified atom stereocenters. The Hall–Kier alpha value is -5.51. The van der Waals surface area contributed by atoms with Crippen LogP contribution in [0.1, 0.15) is 26.7 Å². The van der Waals surface area contributed by atoms with Crippen molar-refractivity contribution in [3.63, 3.8) is 0 Å². The van der Waals surface area contributed by atoms with Crippen LogP contribution < -0.4 is 25.4 Å². The van der Waals surface area contributed by atoms with Gasteiger partial charge in [-0.25, -0.2) is 0 Å². The molecule has 10 heteroatoms. The van der Waals surface area contributed by atoms with E-state index in [9.17, 15) is 14.4 Å². The minimum atomic E-state index is -0.549. The van der Waals surface area contributed by atoms with Gasteiger partial charge in [-0.2, -0.15) is 0 Å². The maximum Gasteiger partial charge on any atom is 0.272 e. The Kier molecular flexibility index (Phi) is 11.5. The number of benzene rings is 5. The normalized spacial score (nSPS) is 11.6. The number of thioether (sulfide) groups is 1. The lowest BCUT2D eigenvalue weighted by molar-refractivity contribution is -0.116. The monoisotopic (exact) mass is 677 g/mol. The van der Waals surface area contributed by atoms with Gasteiger partial charge in [0.1, 0.15) is 10.9 Å². The summed E-state index contributed by atoms with van der Waals surface area (Å²) in [5.74, 6) is -0.148. The zero-order valence-corrected chi connectivity index (χ0v) is 27.7. The lowest BCUT2D eigenvalue weighted by Crippen LogP contribution is -2.30. The highest BCUT2D eigenvalue weighted by atomic mass is 35.5. The van der Waals surface area contributed by atoms with Gasteiger partial charge in [0, 0.05) is 26.9 Å². The third-order valence-electron chi connectivity index (χ3n) is 7.07. The van der Waals surface area contributed by atoms with E-state index in [1.807, 2.05) is 42.5 Å². The maximum absolute atomic E-state index is 13.6. The van der Waals surface area contributed by atoms with Crippen molar-refractivity contribution in [1.29, 1.82) is 0 Å². The smallest absolute Gasteiger partial charge is 0.272 e. The van der Waals surface area contributed by atoms with Crippen LogP contribution in [0.4, 0.5) is 11.4 Å². The number of hydrogen-bond donors (Lipinski definition) is 3. The number of hydrogen-bond acceptors (Lipinski definition) is 6. The predicted octanol–water partition coefficient (Wildman–Crippen LogP) is 8.24. The molecule has 8 nitrogen and oxygen atoms in total. The number of carbonyl (C=O) groups excluding carboxylic acids is 3. The van der Waals surface area contributed by atoms with Crippen LogP contribution >= 0.6 is 23.4 Å². The summed E-state index contributed by atoms with van der Waals surface area (Å²) < 4.78 is 10.7. The Labute approximate surface area is 288 Å². The topological polar surface area (TPSA) is 106 Å². The molecule has 0 radical (unpaired) electrons. The number of halogens is 1. The van der Waals surface area contributed by atoms with E-state index in [0.717, 1.165) is 10.5 Å². The van der Waals surface area contributed by atoms with Crippen molar-refractivity contribution in [3.05, 3.63) is 155 Å². The van der Waals surface area contributed by atoms with E-state index in [0.29, 0.717) is 39.0 Å². The van der Waals surface area contributed by atoms with E-state index in [1.54, 1.807) is 91.0 Å². The number of nitrogens with one attached hydrogen (secondary N) is 3. The van der Waals surface area contributed by atoms with Gasteiger partial charge in [0.15, 0.2) is 11.5 Å². The van der Waals surface area contributed by atoms with Gasteiger partial charge in [-0.1, -0.05) is 66.2 Å². The Bertz CT molecular complexity index is 1900. The molecule has 242 valence electrons. The molecule has 3 N–H and O–H groups in total. The van der Waals surface area contributed by atoms with Crippen molar-refractivity contribution in [3.8, 4) is 11.5 Å². The number of anilines is 2. The molecule has 48 heavy (non-hydrogen) atoms. The molecule has 5 aromatic rings. The molecule has 0 bridgehead atoms. The largest absolute Gasteiger partial charge is 0.493 e. The highest BCUT2D eigenvalue weighted by Crippen LogP contribution is 2.37. The molecule has 0 aromatic heterocycles. The Balaban J connectivity index is 1.35. The first-order chi connectivity index (χ1) is 23.3. The van der Waals surface area contributed by atoms with Crippen molar-refractivity contribution in [2.75, 3.05) is 24.9 Å². The Morgan fingerprint density at radius 3 is 1.96 bits per heavy atom. The highest BCUT2D eigenvalue weighted by Gasteiger charge is 2.23. The van der Waals surface area contributed by atoms with E-state index >= 15 is 0 Å². The molecule has 0 fully saturated rings. The molecule has 1 atom stereocenters. The zero-order chi connectivity index (χ0) is 33.9. The van der Waals surface area contributed by atoms with Gasteiger partial charge in [0.2, 0.25) is 5.91 Å². The Morgan fingerprint density at radius 1 is 0.708 bits per heavy atom. The highest BCUT2D eigenvalue weighted by molar-refractivity contribution is 8.00. The first kappa shape index (κ1) is 33.8. The second-order valence-corrected chi connectivity index (χ2v) is 12.0. The number of methoxy groups -OCH3 is 2. The minimum Gasteiger partial charge on any atom is -0.493 e. The van der Waals surface area contributed by atoms with Crippen LogP contribution in [-0.4, -0.2) is 31.9 Å². The third kappa shape index (κ3) is 9.06. The van der Waals surface area contributed by atoms with Crippen LogP contribution in [0.25, 0.3) is 6.08 Å². The van der Waals surface area contributed by atoms with Crippen molar-refractivity contribution in [2.45, 2.75) is 10.1 Å². The van der Waals surface area contributed by atoms with Gasteiger partial charge >= 0.3 is 0 Å². The van der Waals surface area contributed by atoms with Gasteiger partial charge in [0.25, 0.3) is 11.8 Å². The van der Waals surface area contributed by atoms with Gasteiger partial charge in [0.05, 0.1) is 14.2 Å². The molecule has 5 rings (SSSR count). The van der Waals surface area contributed by atoms with Crippen LogP contribution in [0.2, 0.25) is 5.02 Å². The molecular weight excluding hydrogens is 646 g/mol. The molecule has 0 saturated heterocycles. The molecular formula is C38H32ClN3O5S. The van der Waals surface area contributed by atoms with Gasteiger partial charge in [-0.05, 0) is 90.0 Å². The van der Waals surface area contributed by atoms with Crippen LogP contribution in [0.3, 0.4) is 0 Å². The number of carbonyl (C=O) groups is 3.